The van der Waals surface area contributed by atoms with E-state index in [4.69, 9.17) is 4.74 Å². The van der Waals surface area contributed by atoms with Gasteiger partial charge in [-0.25, -0.2) is 4.79 Å². The van der Waals surface area contributed by atoms with Crippen LogP contribution in [0.25, 0.3) is 17.2 Å². The van der Waals surface area contributed by atoms with E-state index in [2.05, 4.69) is 24.3 Å². The zero-order valence-electron chi connectivity index (χ0n) is 13.3. The number of ether oxygens (including phenoxy) is 1. The zero-order chi connectivity index (χ0) is 15.9. The first kappa shape index (κ1) is 15.5. The fourth-order valence-electron chi connectivity index (χ4n) is 2.97. The Bertz CT molecular complexity index is 650. The summed E-state index contributed by atoms with van der Waals surface area (Å²) in [4.78, 5) is 11.9. The van der Waals surface area contributed by atoms with E-state index in [1.807, 2.05) is 36.4 Å². The van der Waals surface area contributed by atoms with Gasteiger partial charge in [0.25, 0.3) is 0 Å². The second kappa shape index (κ2) is 7.77. The SMILES string of the molecule is O=C(C=Cc1ccc(-c2ccccc2)cc1)OC1CCCCC1. The van der Waals surface area contributed by atoms with Gasteiger partial charge in [0.05, 0.1) is 0 Å². The van der Waals surface area contributed by atoms with Crippen LogP contribution in [0.4, 0.5) is 0 Å². The van der Waals surface area contributed by atoms with Crippen molar-refractivity contribution in [3.8, 4) is 11.1 Å². The zero-order valence-corrected chi connectivity index (χ0v) is 13.3. The molecule has 0 unspecified atom stereocenters. The largest absolute Gasteiger partial charge is 0.459 e. The predicted octanol–water partition coefficient (Wildman–Crippen LogP) is 5.24. The predicted molar refractivity (Wildman–Crippen MR) is 93.9 cm³/mol. The van der Waals surface area contributed by atoms with Crippen molar-refractivity contribution in [1.82, 2.24) is 0 Å². The minimum atomic E-state index is -0.232. The monoisotopic (exact) mass is 306 g/mol. The van der Waals surface area contributed by atoms with Crippen molar-refractivity contribution in [1.29, 1.82) is 0 Å². The summed E-state index contributed by atoms with van der Waals surface area (Å²) in [6.45, 7) is 0. The molecule has 1 aliphatic rings. The summed E-state index contributed by atoms with van der Waals surface area (Å²) in [5, 5.41) is 0. The van der Waals surface area contributed by atoms with Crippen molar-refractivity contribution in [2.45, 2.75) is 38.2 Å². The van der Waals surface area contributed by atoms with Gasteiger partial charge in [-0.3, -0.25) is 0 Å². The van der Waals surface area contributed by atoms with Crippen LogP contribution in [0.15, 0.2) is 60.7 Å². The van der Waals surface area contributed by atoms with Crippen LogP contribution in [0.5, 0.6) is 0 Å². The summed E-state index contributed by atoms with van der Waals surface area (Å²) in [6, 6.07) is 18.4. The van der Waals surface area contributed by atoms with E-state index in [1.165, 1.54) is 36.5 Å². The molecule has 0 spiro atoms. The van der Waals surface area contributed by atoms with Crippen LogP contribution >= 0.6 is 0 Å². The van der Waals surface area contributed by atoms with E-state index in [-0.39, 0.29) is 12.1 Å². The average Bonchev–Trinajstić information content (AvgIpc) is 2.62. The lowest BCUT2D eigenvalue weighted by Gasteiger charge is -2.20. The highest BCUT2D eigenvalue weighted by molar-refractivity contribution is 5.87. The number of carbonyl (C=O) groups excluding carboxylic acids is 1. The fourth-order valence-corrected chi connectivity index (χ4v) is 2.97. The molecule has 1 saturated carbocycles. The maximum atomic E-state index is 11.9. The number of benzene rings is 2. The van der Waals surface area contributed by atoms with Crippen LogP contribution in [0, 0.1) is 0 Å². The Morgan fingerprint density at radius 2 is 1.52 bits per heavy atom. The Hall–Kier alpha value is -2.35. The molecule has 2 aromatic carbocycles. The quantitative estimate of drug-likeness (QED) is 0.570. The highest BCUT2D eigenvalue weighted by atomic mass is 16.5. The van der Waals surface area contributed by atoms with Crippen LogP contribution in [-0.4, -0.2) is 12.1 Å². The van der Waals surface area contributed by atoms with Crippen molar-refractivity contribution in [3.05, 3.63) is 66.2 Å². The lowest BCUT2D eigenvalue weighted by atomic mass is 9.98. The molecule has 0 aromatic heterocycles. The molecule has 0 saturated heterocycles. The van der Waals surface area contributed by atoms with Crippen molar-refractivity contribution in [3.63, 3.8) is 0 Å². The van der Waals surface area contributed by atoms with Gasteiger partial charge in [-0.1, -0.05) is 61.0 Å². The van der Waals surface area contributed by atoms with Crippen LogP contribution in [-0.2, 0) is 9.53 Å². The Balaban J connectivity index is 1.58. The first-order valence-corrected chi connectivity index (χ1v) is 8.35. The van der Waals surface area contributed by atoms with Crippen molar-refractivity contribution < 1.29 is 9.53 Å². The fraction of sp³-hybridized carbons (Fsp3) is 0.286. The molecule has 23 heavy (non-hydrogen) atoms. The van der Waals surface area contributed by atoms with Gasteiger partial charge < -0.3 is 4.74 Å². The van der Waals surface area contributed by atoms with E-state index in [0.29, 0.717) is 0 Å². The normalized spacial score (nSPS) is 15.7. The Labute approximate surface area is 137 Å². The standard InChI is InChI=1S/C21H22O2/c22-21(23-20-9-5-2-6-10-20)16-13-17-11-14-19(15-12-17)18-7-3-1-4-8-18/h1,3-4,7-8,11-16,20H,2,5-6,9-10H2. The van der Waals surface area contributed by atoms with Crippen LogP contribution in [0.1, 0.15) is 37.7 Å². The molecule has 1 aliphatic carbocycles. The molecule has 2 aromatic rings. The lowest BCUT2D eigenvalue weighted by Crippen LogP contribution is -2.19. The van der Waals surface area contributed by atoms with Gasteiger partial charge in [0, 0.05) is 6.08 Å². The topological polar surface area (TPSA) is 26.3 Å². The van der Waals surface area contributed by atoms with Gasteiger partial charge in [0.2, 0.25) is 0 Å². The molecule has 0 atom stereocenters. The average molecular weight is 306 g/mol. The molecule has 0 amide bonds. The maximum Gasteiger partial charge on any atom is 0.331 e. The molecule has 0 heterocycles. The summed E-state index contributed by atoms with van der Waals surface area (Å²) < 4.78 is 5.48. The number of carbonyl (C=O) groups is 1. The number of hydrogen-bond acceptors (Lipinski definition) is 2. The molecule has 0 bridgehead atoms. The second-order valence-corrected chi connectivity index (χ2v) is 6.02. The van der Waals surface area contributed by atoms with Crippen LogP contribution < -0.4 is 0 Å². The molecule has 3 rings (SSSR count). The Morgan fingerprint density at radius 1 is 0.870 bits per heavy atom. The smallest absolute Gasteiger partial charge is 0.331 e. The first-order valence-electron chi connectivity index (χ1n) is 8.35. The maximum absolute atomic E-state index is 11.9. The molecular weight excluding hydrogens is 284 g/mol. The van der Waals surface area contributed by atoms with E-state index in [1.54, 1.807) is 0 Å². The molecule has 0 radical (unpaired) electrons. The summed E-state index contributed by atoms with van der Waals surface area (Å²) >= 11 is 0. The van der Waals surface area contributed by atoms with Crippen molar-refractivity contribution in [2.24, 2.45) is 0 Å². The van der Waals surface area contributed by atoms with Crippen LogP contribution in [0.3, 0.4) is 0 Å². The van der Waals surface area contributed by atoms with E-state index < -0.39 is 0 Å². The molecule has 1 fully saturated rings. The summed E-state index contributed by atoms with van der Waals surface area (Å²) in [5.41, 5.74) is 3.37. The summed E-state index contributed by atoms with van der Waals surface area (Å²) in [6.07, 6.45) is 9.08. The number of hydrogen-bond donors (Lipinski definition) is 0. The molecule has 2 nitrogen and oxygen atoms in total. The van der Waals surface area contributed by atoms with Crippen LogP contribution in [0.2, 0.25) is 0 Å². The Morgan fingerprint density at radius 3 is 2.22 bits per heavy atom. The third kappa shape index (κ3) is 4.56. The molecular formula is C21H22O2. The van der Waals surface area contributed by atoms with Gasteiger partial charge in [-0.2, -0.15) is 0 Å². The summed E-state index contributed by atoms with van der Waals surface area (Å²) in [5.74, 6) is -0.232. The number of rotatable bonds is 4. The Kier molecular flexibility index (Phi) is 5.25. The second-order valence-electron chi connectivity index (χ2n) is 6.02. The molecule has 2 heteroatoms. The van der Waals surface area contributed by atoms with E-state index in [0.717, 1.165) is 18.4 Å². The molecule has 118 valence electrons. The minimum Gasteiger partial charge on any atom is -0.459 e. The highest BCUT2D eigenvalue weighted by Gasteiger charge is 2.16. The van der Waals surface area contributed by atoms with Crippen molar-refractivity contribution in [2.75, 3.05) is 0 Å². The first-order chi connectivity index (χ1) is 11.3. The molecule has 0 N–H and O–H groups in total. The minimum absolute atomic E-state index is 0.112. The van der Waals surface area contributed by atoms with Gasteiger partial charge in [-0.05, 0) is 48.4 Å². The third-order valence-electron chi connectivity index (χ3n) is 4.26. The van der Waals surface area contributed by atoms with E-state index >= 15 is 0 Å². The van der Waals surface area contributed by atoms with Gasteiger partial charge in [0.1, 0.15) is 6.10 Å². The van der Waals surface area contributed by atoms with E-state index in [9.17, 15) is 4.79 Å². The highest BCUT2D eigenvalue weighted by Crippen LogP contribution is 2.21. The number of esters is 1. The van der Waals surface area contributed by atoms with Gasteiger partial charge in [-0.15, -0.1) is 0 Å². The summed E-state index contributed by atoms with van der Waals surface area (Å²) in [7, 11) is 0. The molecule has 0 aliphatic heterocycles. The van der Waals surface area contributed by atoms with Crippen molar-refractivity contribution >= 4 is 12.0 Å². The lowest BCUT2D eigenvalue weighted by molar-refractivity contribution is -0.144. The third-order valence-corrected chi connectivity index (χ3v) is 4.26. The van der Waals surface area contributed by atoms with Gasteiger partial charge in [0.15, 0.2) is 0 Å². The van der Waals surface area contributed by atoms with Gasteiger partial charge >= 0.3 is 5.97 Å².